The first-order valence-corrected chi connectivity index (χ1v) is 10.7. The maximum atomic E-state index is 4.38. The Morgan fingerprint density at radius 1 is 1.15 bits per heavy atom. The van der Waals surface area contributed by atoms with Gasteiger partial charge in [0.05, 0.1) is 0 Å². The van der Waals surface area contributed by atoms with Crippen molar-refractivity contribution in [2.24, 2.45) is 5.92 Å². The molecule has 0 saturated heterocycles. The van der Waals surface area contributed by atoms with Gasteiger partial charge in [-0.15, -0.1) is 23.7 Å². The molecule has 0 unspecified atom stereocenters. The molecule has 0 aliphatic heterocycles. The first kappa shape index (κ1) is 19.5. The van der Waals surface area contributed by atoms with Gasteiger partial charge in [0.25, 0.3) is 0 Å². The highest BCUT2D eigenvalue weighted by molar-refractivity contribution is 7.13. The molecule has 1 N–H and O–H groups in total. The molecule has 1 fully saturated rings. The number of anilines is 2. The number of benzene rings is 1. The van der Waals surface area contributed by atoms with Crippen molar-refractivity contribution in [2.45, 2.75) is 58.4 Å². The molecule has 0 amide bonds. The van der Waals surface area contributed by atoms with E-state index in [-0.39, 0.29) is 12.4 Å². The van der Waals surface area contributed by atoms with Gasteiger partial charge in [0.2, 0.25) is 0 Å². The number of halogens is 1. The molecule has 5 heteroatoms. The van der Waals surface area contributed by atoms with Crippen molar-refractivity contribution in [3.63, 3.8) is 0 Å². The van der Waals surface area contributed by atoms with Crippen LogP contribution in [0.3, 0.4) is 0 Å². The van der Waals surface area contributed by atoms with Gasteiger partial charge < -0.3 is 10.2 Å². The van der Waals surface area contributed by atoms with E-state index in [1.807, 2.05) is 11.6 Å². The zero-order chi connectivity index (χ0) is 17.1. The lowest BCUT2D eigenvalue weighted by atomic mass is 10.0. The van der Waals surface area contributed by atoms with E-state index >= 15 is 0 Å². The monoisotopic (exact) mass is 391 g/mol. The van der Waals surface area contributed by atoms with Crippen molar-refractivity contribution in [2.75, 3.05) is 23.3 Å². The average molecular weight is 392 g/mol. The largest absolute Gasteiger partial charge is 0.371 e. The number of aryl methyl sites for hydroxylation is 2. The topological polar surface area (TPSA) is 28.2 Å². The summed E-state index contributed by atoms with van der Waals surface area (Å²) in [5.74, 6) is 0.882. The van der Waals surface area contributed by atoms with Crippen molar-refractivity contribution in [3.05, 3.63) is 40.4 Å². The van der Waals surface area contributed by atoms with Crippen LogP contribution < -0.4 is 10.2 Å². The molecule has 3 nitrogen and oxygen atoms in total. The van der Waals surface area contributed by atoms with Crippen LogP contribution in [0.5, 0.6) is 0 Å². The van der Waals surface area contributed by atoms with Gasteiger partial charge in [0, 0.05) is 36.9 Å². The lowest BCUT2D eigenvalue weighted by Gasteiger charge is -2.29. The molecular weight excluding hydrogens is 362 g/mol. The van der Waals surface area contributed by atoms with Gasteiger partial charge in [-0.05, 0) is 67.7 Å². The average Bonchev–Trinajstić information content (AvgIpc) is 3.39. The molecule has 0 spiro atoms. The van der Waals surface area contributed by atoms with Crippen molar-refractivity contribution < 1.29 is 0 Å². The second kappa shape index (κ2) is 9.09. The normalized spacial score (nSPS) is 16.3. The summed E-state index contributed by atoms with van der Waals surface area (Å²) in [6, 6.07) is 4.97. The van der Waals surface area contributed by atoms with Crippen LogP contribution in [0, 0.1) is 5.92 Å². The van der Waals surface area contributed by atoms with E-state index in [0.717, 1.165) is 24.1 Å². The van der Waals surface area contributed by atoms with E-state index in [0.29, 0.717) is 0 Å². The van der Waals surface area contributed by atoms with Gasteiger partial charge in [0.15, 0.2) is 5.13 Å². The Kier molecular flexibility index (Phi) is 6.82. The number of rotatable bonds is 7. The predicted octanol–water partition coefficient (Wildman–Crippen LogP) is 5.68. The van der Waals surface area contributed by atoms with Gasteiger partial charge in [-0.1, -0.05) is 18.9 Å². The van der Waals surface area contributed by atoms with E-state index in [1.165, 1.54) is 62.7 Å². The summed E-state index contributed by atoms with van der Waals surface area (Å²) in [4.78, 5) is 7.01. The number of nitrogens with zero attached hydrogens (tertiary/aromatic N) is 2. The molecule has 1 aromatic heterocycles. The molecule has 0 atom stereocenters. The zero-order valence-corrected chi connectivity index (χ0v) is 17.3. The zero-order valence-electron chi connectivity index (χ0n) is 15.7. The van der Waals surface area contributed by atoms with Crippen LogP contribution in [0.25, 0.3) is 0 Å². The minimum absolute atomic E-state index is 0. The first-order chi connectivity index (χ1) is 12.3. The number of nitrogens with one attached hydrogen (secondary N) is 1. The number of aromatic nitrogens is 1. The third-order valence-electron chi connectivity index (χ3n) is 5.83. The molecule has 2 aliphatic carbocycles. The summed E-state index contributed by atoms with van der Waals surface area (Å²) in [7, 11) is 0. The highest BCUT2D eigenvalue weighted by Gasteiger charge is 2.22. The minimum Gasteiger partial charge on any atom is -0.371 e. The number of hydrogen-bond donors (Lipinski definition) is 1. The Balaban J connectivity index is 0.00000196. The van der Waals surface area contributed by atoms with E-state index in [9.17, 15) is 0 Å². The molecule has 0 radical (unpaired) electrons. The summed E-state index contributed by atoms with van der Waals surface area (Å²) in [5.41, 5.74) is 6.05. The van der Waals surface area contributed by atoms with Gasteiger partial charge in [-0.25, -0.2) is 4.98 Å². The van der Waals surface area contributed by atoms with Crippen LogP contribution in [0.15, 0.2) is 23.7 Å². The van der Waals surface area contributed by atoms with Crippen LogP contribution in [-0.4, -0.2) is 18.1 Å². The summed E-state index contributed by atoms with van der Waals surface area (Å²) in [6.45, 7) is 5.50. The molecule has 2 aromatic rings. The Hall–Kier alpha value is -1.26. The SMILES string of the molecule is CCN(CC1CCCC1)c1cc2c(cc1CNc1nccs1)CCC2.Cl. The highest BCUT2D eigenvalue weighted by atomic mass is 35.5. The number of hydrogen-bond acceptors (Lipinski definition) is 4. The maximum absolute atomic E-state index is 4.38. The smallest absolute Gasteiger partial charge is 0.182 e. The Morgan fingerprint density at radius 3 is 2.62 bits per heavy atom. The fraction of sp³-hybridized carbons (Fsp3) is 0.571. The highest BCUT2D eigenvalue weighted by Crippen LogP contribution is 2.33. The Morgan fingerprint density at radius 2 is 1.92 bits per heavy atom. The fourth-order valence-corrected chi connectivity index (χ4v) is 5.01. The van der Waals surface area contributed by atoms with Crippen LogP contribution >= 0.6 is 23.7 Å². The van der Waals surface area contributed by atoms with Crippen molar-refractivity contribution in [1.82, 2.24) is 4.98 Å². The third-order valence-corrected chi connectivity index (χ3v) is 6.56. The quantitative estimate of drug-likeness (QED) is 0.657. The number of fused-ring (bicyclic) bond motifs is 1. The lowest BCUT2D eigenvalue weighted by molar-refractivity contribution is 0.535. The van der Waals surface area contributed by atoms with Crippen LogP contribution in [0.4, 0.5) is 10.8 Å². The molecule has 4 rings (SSSR count). The van der Waals surface area contributed by atoms with Crippen molar-refractivity contribution in [1.29, 1.82) is 0 Å². The van der Waals surface area contributed by atoms with Gasteiger partial charge >= 0.3 is 0 Å². The van der Waals surface area contributed by atoms with Crippen LogP contribution in [0.2, 0.25) is 0 Å². The standard InChI is InChI=1S/C21H29N3S.ClH/c1-2-24(15-16-6-3-4-7-16)20-13-18-9-5-8-17(18)12-19(20)14-23-21-22-10-11-25-21;/h10-13,16H,2-9,14-15H2,1H3,(H,22,23);1H. The number of thiazole rings is 1. The second-order valence-corrected chi connectivity index (χ2v) is 8.38. The maximum Gasteiger partial charge on any atom is 0.182 e. The van der Waals surface area contributed by atoms with Crippen LogP contribution in [0.1, 0.15) is 55.7 Å². The van der Waals surface area contributed by atoms with Gasteiger partial charge in [-0.2, -0.15) is 0 Å². The molecule has 1 aromatic carbocycles. The van der Waals surface area contributed by atoms with Gasteiger partial charge in [0.1, 0.15) is 0 Å². The van der Waals surface area contributed by atoms with Gasteiger partial charge in [-0.3, -0.25) is 0 Å². The summed E-state index contributed by atoms with van der Waals surface area (Å²) >= 11 is 1.68. The second-order valence-electron chi connectivity index (χ2n) is 7.48. The lowest BCUT2D eigenvalue weighted by Crippen LogP contribution is -2.29. The van der Waals surface area contributed by atoms with E-state index in [4.69, 9.17) is 0 Å². The summed E-state index contributed by atoms with van der Waals surface area (Å²) in [5, 5.41) is 6.58. The molecule has 1 heterocycles. The van der Waals surface area contributed by atoms with Crippen molar-refractivity contribution >= 4 is 34.6 Å². The third kappa shape index (κ3) is 4.34. The molecule has 2 aliphatic rings. The molecular formula is C21H30ClN3S. The summed E-state index contributed by atoms with van der Waals surface area (Å²) in [6.07, 6.45) is 11.3. The Bertz CT molecular complexity index is 696. The molecule has 26 heavy (non-hydrogen) atoms. The molecule has 0 bridgehead atoms. The van der Waals surface area contributed by atoms with Crippen LogP contribution in [-0.2, 0) is 19.4 Å². The minimum atomic E-state index is 0. The van der Waals surface area contributed by atoms with E-state index < -0.39 is 0 Å². The first-order valence-electron chi connectivity index (χ1n) is 9.86. The predicted molar refractivity (Wildman–Crippen MR) is 115 cm³/mol. The molecule has 142 valence electrons. The van der Waals surface area contributed by atoms with Crippen molar-refractivity contribution in [3.8, 4) is 0 Å². The van der Waals surface area contributed by atoms with E-state index in [2.05, 4.69) is 34.3 Å². The Labute approximate surface area is 167 Å². The fourth-order valence-electron chi connectivity index (χ4n) is 4.48. The molecule has 1 saturated carbocycles. The summed E-state index contributed by atoms with van der Waals surface area (Å²) < 4.78 is 0. The van der Waals surface area contributed by atoms with E-state index in [1.54, 1.807) is 22.5 Å².